The summed E-state index contributed by atoms with van der Waals surface area (Å²) in [6, 6.07) is 0. The minimum absolute atomic E-state index is 0. The maximum Gasteiger partial charge on any atom is -0.00188 e. The maximum absolute atomic E-state index is 2.64. The number of rotatable bonds is 9. The van der Waals surface area contributed by atoms with Crippen LogP contribution in [0.2, 0.25) is 0 Å². The summed E-state index contributed by atoms with van der Waals surface area (Å²) in [4.78, 5) is 2.64. The Bertz CT molecular complexity index is 80.6. The molecule has 3 nitrogen and oxygen atoms in total. The molecule has 15 heavy (non-hydrogen) atoms. The molecule has 0 heterocycles. The normalized spacial score (nSPS) is 9.60. The quantitative estimate of drug-likeness (QED) is 0.649. The van der Waals surface area contributed by atoms with Gasteiger partial charge in [0.2, 0.25) is 0 Å². The van der Waals surface area contributed by atoms with Gasteiger partial charge in [0.05, 0.1) is 0 Å². The van der Waals surface area contributed by atoms with Crippen LogP contribution in [0.3, 0.4) is 0 Å². The van der Waals surface area contributed by atoms with Crippen molar-refractivity contribution in [2.45, 2.75) is 59.3 Å². The first-order valence-corrected chi connectivity index (χ1v) is 6.07. The molecule has 0 aromatic heterocycles. The molecule has 0 aliphatic rings. The van der Waals surface area contributed by atoms with E-state index in [2.05, 4.69) is 25.7 Å². The SMILES string of the molecule is CCCCN(CCCC)CCCC.N.O. The van der Waals surface area contributed by atoms with Crippen LogP contribution in [0.25, 0.3) is 0 Å². The highest BCUT2D eigenvalue weighted by Gasteiger charge is 2.01. The molecule has 0 atom stereocenters. The molecule has 0 aromatic rings. The van der Waals surface area contributed by atoms with Crippen molar-refractivity contribution in [1.82, 2.24) is 11.1 Å². The lowest BCUT2D eigenvalue weighted by molar-refractivity contribution is 0.261. The van der Waals surface area contributed by atoms with E-state index >= 15 is 0 Å². The first-order chi connectivity index (χ1) is 6.35. The molecule has 0 unspecified atom stereocenters. The standard InChI is InChI=1S/C12H27N.H3N.H2O/c1-4-7-10-13(11-8-5-2)12-9-6-3;;/h4-12H2,1-3H3;1H3;1H2. The zero-order valence-electron chi connectivity index (χ0n) is 11.0. The van der Waals surface area contributed by atoms with Gasteiger partial charge in [-0.25, -0.2) is 0 Å². The van der Waals surface area contributed by atoms with Crippen molar-refractivity contribution in [2.24, 2.45) is 0 Å². The van der Waals surface area contributed by atoms with Gasteiger partial charge in [-0.05, 0) is 38.9 Å². The van der Waals surface area contributed by atoms with Gasteiger partial charge in [0.15, 0.2) is 0 Å². The molecular formula is C12H32N2O. The van der Waals surface area contributed by atoms with Gasteiger partial charge in [0.25, 0.3) is 0 Å². The van der Waals surface area contributed by atoms with Gasteiger partial charge in [-0.3, -0.25) is 0 Å². The van der Waals surface area contributed by atoms with Crippen molar-refractivity contribution in [3.63, 3.8) is 0 Å². The van der Waals surface area contributed by atoms with E-state index in [-0.39, 0.29) is 11.6 Å². The highest BCUT2D eigenvalue weighted by Crippen LogP contribution is 2.01. The largest absolute Gasteiger partial charge is 0.412 e. The predicted molar refractivity (Wildman–Crippen MR) is 69.8 cm³/mol. The molecule has 0 radical (unpaired) electrons. The highest BCUT2D eigenvalue weighted by molar-refractivity contribution is 4.57. The summed E-state index contributed by atoms with van der Waals surface area (Å²) < 4.78 is 0. The molecule has 5 N–H and O–H groups in total. The molecule has 0 aromatic carbocycles. The monoisotopic (exact) mass is 220 g/mol. The minimum Gasteiger partial charge on any atom is -0.412 e. The number of hydrogen-bond acceptors (Lipinski definition) is 2. The molecular weight excluding hydrogens is 188 g/mol. The number of unbranched alkanes of at least 4 members (excludes halogenated alkanes) is 3. The predicted octanol–water partition coefficient (Wildman–Crippen LogP) is 3.03. The Morgan fingerprint density at radius 3 is 1.13 bits per heavy atom. The van der Waals surface area contributed by atoms with Crippen LogP contribution in [0.1, 0.15) is 59.3 Å². The van der Waals surface area contributed by atoms with E-state index in [1.165, 1.54) is 58.2 Å². The van der Waals surface area contributed by atoms with Crippen LogP contribution in [0.4, 0.5) is 0 Å². The fourth-order valence-electron chi connectivity index (χ4n) is 1.48. The van der Waals surface area contributed by atoms with Crippen molar-refractivity contribution in [2.75, 3.05) is 19.6 Å². The van der Waals surface area contributed by atoms with E-state index in [1.807, 2.05) is 0 Å². The molecule has 0 saturated heterocycles. The van der Waals surface area contributed by atoms with Crippen LogP contribution >= 0.6 is 0 Å². The molecule has 0 aliphatic carbocycles. The van der Waals surface area contributed by atoms with Crippen molar-refractivity contribution in [1.29, 1.82) is 0 Å². The van der Waals surface area contributed by atoms with E-state index < -0.39 is 0 Å². The van der Waals surface area contributed by atoms with Gasteiger partial charge < -0.3 is 16.5 Å². The molecule has 96 valence electrons. The Balaban J connectivity index is -0.000000720. The topological polar surface area (TPSA) is 69.7 Å². The van der Waals surface area contributed by atoms with Gasteiger partial charge in [0.1, 0.15) is 0 Å². The van der Waals surface area contributed by atoms with E-state index in [1.54, 1.807) is 0 Å². The molecule has 0 amide bonds. The fraction of sp³-hybridized carbons (Fsp3) is 1.00. The average molecular weight is 220 g/mol. The van der Waals surface area contributed by atoms with Gasteiger partial charge in [-0.15, -0.1) is 0 Å². The Hall–Kier alpha value is -0.120. The minimum atomic E-state index is 0. The fourth-order valence-corrected chi connectivity index (χ4v) is 1.48. The summed E-state index contributed by atoms with van der Waals surface area (Å²) in [5, 5.41) is 0. The third-order valence-corrected chi connectivity index (χ3v) is 2.48. The van der Waals surface area contributed by atoms with Gasteiger partial charge in [0, 0.05) is 0 Å². The van der Waals surface area contributed by atoms with Gasteiger partial charge in [-0.2, -0.15) is 0 Å². The van der Waals surface area contributed by atoms with Crippen molar-refractivity contribution >= 4 is 0 Å². The lowest BCUT2D eigenvalue weighted by atomic mass is 10.2. The maximum atomic E-state index is 2.64. The average Bonchev–Trinajstić information content (AvgIpc) is 2.17. The van der Waals surface area contributed by atoms with Gasteiger partial charge in [-0.1, -0.05) is 40.0 Å². The smallest absolute Gasteiger partial charge is 0.00188 e. The third-order valence-electron chi connectivity index (χ3n) is 2.48. The van der Waals surface area contributed by atoms with Crippen molar-refractivity contribution < 1.29 is 5.48 Å². The number of nitrogens with zero attached hydrogens (tertiary/aromatic N) is 1. The van der Waals surface area contributed by atoms with Crippen LogP contribution in [0.5, 0.6) is 0 Å². The molecule has 0 rings (SSSR count). The Kier molecular flexibility index (Phi) is 22.1. The van der Waals surface area contributed by atoms with Crippen LogP contribution < -0.4 is 6.15 Å². The Morgan fingerprint density at radius 2 is 0.933 bits per heavy atom. The third kappa shape index (κ3) is 13.9. The molecule has 0 saturated carbocycles. The Labute approximate surface area is 96.1 Å². The second-order valence-electron chi connectivity index (χ2n) is 3.90. The van der Waals surface area contributed by atoms with Crippen molar-refractivity contribution in [3.8, 4) is 0 Å². The molecule has 0 spiro atoms. The highest BCUT2D eigenvalue weighted by atomic mass is 16.0. The van der Waals surface area contributed by atoms with Crippen LogP contribution in [0, 0.1) is 0 Å². The summed E-state index contributed by atoms with van der Waals surface area (Å²) >= 11 is 0. The first kappa shape index (κ1) is 20.3. The van der Waals surface area contributed by atoms with Crippen LogP contribution in [-0.4, -0.2) is 30.0 Å². The lowest BCUT2D eigenvalue weighted by Gasteiger charge is -2.21. The zero-order valence-corrected chi connectivity index (χ0v) is 11.0. The van der Waals surface area contributed by atoms with E-state index in [0.29, 0.717) is 0 Å². The Morgan fingerprint density at radius 1 is 0.667 bits per heavy atom. The van der Waals surface area contributed by atoms with Crippen LogP contribution in [-0.2, 0) is 0 Å². The summed E-state index contributed by atoms with van der Waals surface area (Å²) in [6.45, 7) is 10.8. The summed E-state index contributed by atoms with van der Waals surface area (Å²) in [7, 11) is 0. The van der Waals surface area contributed by atoms with Crippen LogP contribution in [0.15, 0.2) is 0 Å². The lowest BCUT2D eigenvalue weighted by Crippen LogP contribution is -2.27. The summed E-state index contributed by atoms with van der Waals surface area (Å²) in [5.74, 6) is 0. The second-order valence-corrected chi connectivity index (χ2v) is 3.90. The van der Waals surface area contributed by atoms with E-state index in [9.17, 15) is 0 Å². The van der Waals surface area contributed by atoms with Crippen molar-refractivity contribution in [3.05, 3.63) is 0 Å². The molecule has 0 fully saturated rings. The van der Waals surface area contributed by atoms with Gasteiger partial charge >= 0.3 is 0 Å². The molecule has 3 heteroatoms. The zero-order chi connectivity index (χ0) is 9.94. The molecule has 0 bridgehead atoms. The number of hydrogen-bond donors (Lipinski definition) is 1. The van der Waals surface area contributed by atoms with E-state index in [4.69, 9.17) is 0 Å². The summed E-state index contributed by atoms with van der Waals surface area (Å²) in [6.07, 6.45) is 8.09. The second kappa shape index (κ2) is 16.3. The van der Waals surface area contributed by atoms with E-state index in [0.717, 1.165) is 0 Å². The summed E-state index contributed by atoms with van der Waals surface area (Å²) in [5.41, 5.74) is 0. The first-order valence-electron chi connectivity index (χ1n) is 6.07. The molecule has 0 aliphatic heterocycles.